The third kappa shape index (κ3) is 3.88. The fourth-order valence-corrected chi connectivity index (χ4v) is 3.12. The van der Waals surface area contributed by atoms with E-state index in [2.05, 4.69) is 10.1 Å². The normalized spacial score (nSPS) is 17.5. The molecule has 1 amide bonds. The van der Waals surface area contributed by atoms with E-state index in [1.807, 2.05) is 43.0 Å². The molecule has 0 N–H and O–H groups in total. The summed E-state index contributed by atoms with van der Waals surface area (Å²) in [4.78, 5) is 18.9. The molecule has 0 spiro atoms. The topological polar surface area (TPSA) is 77.7 Å². The Labute approximate surface area is 153 Å². The number of nitrogens with zero attached hydrogens (tertiary/aromatic N) is 3. The molecule has 26 heavy (non-hydrogen) atoms. The van der Waals surface area contributed by atoms with Gasteiger partial charge in [0.15, 0.2) is 0 Å². The van der Waals surface area contributed by atoms with Gasteiger partial charge < -0.3 is 18.9 Å². The van der Waals surface area contributed by atoms with Crippen molar-refractivity contribution >= 4 is 5.91 Å². The minimum Gasteiger partial charge on any atom is -0.497 e. The number of methoxy groups -OCH3 is 1. The molecule has 0 aliphatic carbocycles. The zero-order valence-electron chi connectivity index (χ0n) is 15.5. The van der Waals surface area contributed by atoms with Gasteiger partial charge in [-0.15, -0.1) is 0 Å². The number of rotatable bonds is 6. The molecule has 2 heterocycles. The lowest BCUT2D eigenvalue weighted by molar-refractivity contribution is -0.144. The predicted octanol–water partition coefficient (Wildman–Crippen LogP) is 3.08. The summed E-state index contributed by atoms with van der Waals surface area (Å²) in [5.74, 6) is 1.91. The molecular formula is C19H25N3O4. The molecule has 0 unspecified atom stereocenters. The van der Waals surface area contributed by atoms with Crippen LogP contribution in [0.15, 0.2) is 28.8 Å². The van der Waals surface area contributed by atoms with Crippen LogP contribution in [0, 0.1) is 5.92 Å². The van der Waals surface area contributed by atoms with Gasteiger partial charge >= 0.3 is 0 Å². The molecule has 1 atom stereocenters. The Morgan fingerprint density at radius 3 is 2.69 bits per heavy atom. The predicted molar refractivity (Wildman–Crippen MR) is 95.6 cm³/mol. The molecule has 0 saturated carbocycles. The number of hydrogen-bond acceptors (Lipinski definition) is 6. The van der Waals surface area contributed by atoms with Crippen molar-refractivity contribution in [3.05, 3.63) is 30.1 Å². The lowest BCUT2D eigenvalue weighted by atomic mass is 10.0. The Kier molecular flexibility index (Phi) is 5.88. The summed E-state index contributed by atoms with van der Waals surface area (Å²) in [6, 6.07) is 7.40. The minimum absolute atomic E-state index is 0.0638. The van der Waals surface area contributed by atoms with Crippen molar-refractivity contribution in [3.63, 3.8) is 0 Å². The lowest BCUT2D eigenvalue weighted by Gasteiger charge is -2.33. The van der Waals surface area contributed by atoms with Crippen molar-refractivity contribution in [2.24, 2.45) is 5.92 Å². The molecular weight excluding hydrogens is 334 g/mol. The fraction of sp³-hybridized carbons (Fsp3) is 0.526. The first-order chi connectivity index (χ1) is 12.7. The first kappa shape index (κ1) is 18.4. The quantitative estimate of drug-likeness (QED) is 0.789. The maximum atomic E-state index is 12.6. The highest BCUT2D eigenvalue weighted by Crippen LogP contribution is 2.26. The van der Waals surface area contributed by atoms with Crippen LogP contribution in [0.5, 0.6) is 5.75 Å². The van der Waals surface area contributed by atoms with Gasteiger partial charge in [-0.05, 0) is 37.1 Å². The highest BCUT2D eigenvalue weighted by Gasteiger charge is 2.31. The highest BCUT2D eigenvalue weighted by atomic mass is 16.5. The molecule has 2 aromatic rings. The molecule has 3 rings (SSSR count). The molecule has 0 radical (unpaired) electrons. The summed E-state index contributed by atoms with van der Waals surface area (Å²) < 4.78 is 16.3. The van der Waals surface area contributed by atoms with E-state index >= 15 is 0 Å². The molecule has 1 aliphatic heterocycles. The minimum atomic E-state index is -0.363. The zero-order valence-corrected chi connectivity index (χ0v) is 15.5. The average Bonchev–Trinajstić information content (AvgIpc) is 3.19. The number of amides is 1. The second kappa shape index (κ2) is 8.31. The van der Waals surface area contributed by atoms with E-state index in [0.29, 0.717) is 31.4 Å². The van der Waals surface area contributed by atoms with Crippen LogP contribution in [-0.2, 0) is 9.53 Å². The molecule has 0 bridgehead atoms. The summed E-state index contributed by atoms with van der Waals surface area (Å²) in [5, 5.41) is 4.06. The van der Waals surface area contributed by atoms with Crippen LogP contribution in [0.1, 0.15) is 38.6 Å². The van der Waals surface area contributed by atoms with Gasteiger partial charge in [0, 0.05) is 18.0 Å². The van der Waals surface area contributed by atoms with Crippen LogP contribution in [0.2, 0.25) is 0 Å². The van der Waals surface area contributed by atoms with E-state index in [9.17, 15) is 4.79 Å². The first-order valence-electron chi connectivity index (χ1n) is 9.04. The van der Waals surface area contributed by atoms with Crippen molar-refractivity contribution in [1.82, 2.24) is 15.0 Å². The van der Waals surface area contributed by atoms with Gasteiger partial charge in [0.2, 0.25) is 11.7 Å². The largest absolute Gasteiger partial charge is 0.497 e. The number of ether oxygens (including phenoxy) is 2. The summed E-state index contributed by atoms with van der Waals surface area (Å²) in [6.45, 7) is 5.63. The van der Waals surface area contributed by atoms with Crippen LogP contribution < -0.4 is 4.74 Å². The smallest absolute Gasteiger partial charge is 0.258 e. The lowest BCUT2D eigenvalue weighted by Crippen LogP contribution is -2.45. The number of benzene rings is 1. The first-order valence-corrected chi connectivity index (χ1v) is 9.04. The SMILES string of the molecule is CCC(CC)C(=O)N1CCO[C@H](c2noc(-c3ccc(OC)cc3)n2)C1. The van der Waals surface area contributed by atoms with E-state index in [0.717, 1.165) is 24.2 Å². The number of carbonyl (C=O) groups is 1. The monoisotopic (exact) mass is 359 g/mol. The second-order valence-electron chi connectivity index (χ2n) is 6.34. The van der Waals surface area contributed by atoms with Crippen molar-refractivity contribution in [2.75, 3.05) is 26.8 Å². The third-order valence-corrected chi connectivity index (χ3v) is 4.78. The summed E-state index contributed by atoms with van der Waals surface area (Å²) in [7, 11) is 1.62. The fourth-order valence-electron chi connectivity index (χ4n) is 3.12. The van der Waals surface area contributed by atoms with Crippen molar-refractivity contribution in [1.29, 1.82) is 0 Å². The van der Waals surface area contributed by atoms with E-state index < -0.39 is 0 Å². The average molecular weight is 359 g/mol. The Balaban J connectivity index is 1.71. The van der Waals surface area contributed by atoms with E-state index in [1.165, 1.54) is 0 Å². The van der Waals surface area contributed by atoms with Crippen molar-refractivity contribution < 1.29 is 18.8 Å². The molecule has 140 valence electrons. The van der Waals surface area contributed by atoms with Crippen LogP contribution >= 0.6 is 0 Å². The molecule has 7 nitrogen and oxygen atoms in total. The summed E-state index contributed by atoms with van der Waals surface area (Å²) in [6.07, 6.45) is 1.33. The Morgan fingerprint density at radius 1 is 1.31 bits per heavy atom. The maximum absolute atomic E-state index is 12.6. The molecule has 7 heteroatoms. The van der Waals surface area contributed by atoms with Crippen LogP contribution in [0.3, 0.4) is 0 Å². The van der Waals surface area contributed by atoms with Crippen molar-refractivity contribution in [3.8, 4) is 17.2 Å². The Hall–Kier alpha value is -2.41. The number of carbonyl (C=O) groups excluding carboxylic acids is 1. The van der Waals surface area contributed by atoms with Gasteiger partial charge in [0.05, 0.1) is 20.3 Å². The van der Waals surface area contributed by atoms with Crippen molar-refractivity contribution in [2.45, 2.75) is 32.8 Å². The van der Waals surface area contributed by atoms with Gasteiger partial charge in [-0.25, -0.2) is 0 Å². The Bertz CT molecular complexity index is 725. The van der Waals surface area contributed by atoms with Crippen LogP contribution in [-0.4, -0.2) is 47.8 Å². The number of hydrogen-bond donors (Lipinski definition) is 0. The van der Waals surface area contributed by atoms with Gasteiger partial charge in [0.25, 0.3) is 5.89 Å². The van der Waals surface area contributed by atoms with E-state index in [4.69, 9.17) is 14.0 Å². The van der Waals surface area contributed by atoms with Crippen LogP contribution in [0.25, 0.3) is 11.5 Å². The number of aromatic nitrogens is 2. The van der Waals surface area contributed by atoms with E-state index in [1.54, 1.807) is 7.11 Å². The molecule has 1 fully saturated rings. The highest BCUT2D eigenvalue weighted by molar-refractivity contribution is 5.78. The standard InChI is InChI=1S/C19H25N3O4/c1-4-13(5-2)19(23)22-10-11-25-16(12-22)17-20-18(26-21-17)14-6-8-15(24-3)9-7-14/h6-9,13,16H,4-5,10-12H2,1-3H3/t16-/m0/s1. The summed E-state index contributed by atoms with van der Waals surface area (Å²) in [5.41, 5.74) is 0.810. The van der Waals surface area contributed by atoms with E-state index in [-0.39, 0.29) is 17.9 Å². The molecule has 1 aliphatic rings. The zero-order chi connectivity index (χ0) is 18.5. The molecule has 1 aromatic heterocycles. The van der Waals surface area contributed by atoms with Crippen LogP contribution in [0.4, 0.5) is 0 Å². The second-order valence-corrected chi connectivity index (χ2v) is 6.34. The third-order valence-electron chi connectivity index (χ3n) is 4.78. The molecule has 1 aromatic carbocycles. The number of morpholine rings is 1. The maximum Gasteiger partial charge on any atom is 0.258 e. The molecule has 1 saturated heterocycles. The van der Waals surface area contributed by atoms with Gasteiger partial charge in [-0.2, -0.15) is 4.98 Å². The Morgan fingerprint density at radius 2 is 2.04 bits per heavy atom. The van der Waals surface area contributed by atoms with Gasteiger partial charge in [-0.1, -0.05) is 19.0 Å². The van der Waals surface area contributed by atoms with Gasteiger partial charge in [0.1, 0.15) is 11.9 Å². The van der Waals surface area contributed by atoms with Gasteiger partial charge in [-0.3, -0.25) is 4.79 Å². The summed E-state index contributed by atoms with van der Waals surface area (Å²) >= 11 is 0.